The molecule has 3 aromatic carbocycles. The molecule has 0 atom stereocenters. The Balaban J connectivity index is 1.97. The van der Waals surface area contributed by atoms with Crippen molar-refractivity contribution in [3.63, 3.8) is 0 Å². The van der Waals surface area contributed by atoms with Crippen LogP contribution in [0.5, 0.6) is 0 Å². The van der Waals surface area contributed by atoms with Gasteiger partial charge in [-0.1, -0.05) is 65.7 Å². The van der Waals surface area contributed by atoms with E-state index in [1.807, 2.05) is 10.7 Å². The van der Waals surface area contributed by atoms with E-state index in [1.54, 1.807) is 6.07 Å². The van der Waals surface area contributed by atoms with Gasteiger partial charge in [0.2, 0.25) is 0 Å². The highest BCUT2D eigenvalue weighted by Gasteiger charge is 2.18. The number of rotatable bonds is 3. The fourth-order valence-electron chi connectivity index (χ4n) is 3.33. The highest BCUT2D eigenvalue weighted by atomic mass is 19.1. The summed E-state index contributed by atoms with van der Waals surface area (Å²) in [5.41, 5.74) is 8.21. The van der Waals surface area contributed by atoms with Crippen LogP contribution in [0.25, 0.3) is 28.2 Å². The SMILES string of the molecule is Cc1ccc(-c2nn(-c3cccc(F)c3)c(-c3ccc(C)cc3)c2C)cc1. The third kappa shape index (κ3) is 3.28. The van der Waals surface area contributed by atoms with Gasteiger partial charge in [-0.05, 0) is 39.0 Å². The van der Waals surface area contributed by atoms with E-state index in [4.69, 9.17) is 5.10 Å². The van der Waals surface area contributed by atoms with Gasteiger partial charge in [0.25, 0.3) is 0 Å². The van der Waals surface area contributed by atoms with E-state index in [9.17, 15) is 4.39 Å². The first-order valence-electron chi connectivity index (χ1n) is 9.02. The van der Waals surface area contributed by atoms with Crippen LogP contribution in [0.4, 0.5) is 4.39 Å². The van der Waals surface area contributed by atoms with Crippen LogP contribution in [0.2, 0.25) is 0 Å². The predicted octanol–water partition coefficient (Wildman–Crippen LogP) is 6.27. The minimum atomic E-state index is -0.271. The molecule has 4 aromatic rings. The molecule has 0 unspecified atom stereocenters. The second-order valence-corrected chi connectivity index (χ2v) is 6.95. The number of halogens is 1. The summed E-state index contributed by atoms with van der Waals surface area (Å²) < 4.78 is 15.7. The lowest BCUT2D eigenvalue weighted by atomic mass is 10.0. The van der Waals surface area contributed by atoms with E-state index in [1.165, 1.54) is 23.3 Å². The molecule has 0 N–H and O–H groups in total. The molecule has 0 radical (unpaired) electrons. The molecule has 2 nitrogen and oxygen atoms in total. The third-order valence-corrected chi connectivity index (χ3v) is 4.82. The van der Waals surface area contributed by atoms with Crippen molar-refractivity contribution in [3.8, 4) is 28.2 Å². The monoisotopic (exact) mass is 356 g/mol. The number of nitrogens with zero attached hydrogens (tertiary/aromatic N) is 2. The van der Waals surface area contributed by atoms with Gasteiger partial charge in [-0.15, -0.1) is 0 Å². The largest absolute Gasteiger partial charge is 0.232 e. The molecule has 0 aliphatic carbocycles. The zero-order valence-corrected chi connectivity index (χ0v) is 15.7. The van der Waals surface area contributed by atoms with Crippen LogP contribution in [0.3, 0.4) is 0 Å². The second-order valence-electron chi connectivity index (χ2n) is 6.95. The minimum Gasteiger partial charge on any atom is -0.232 e. The smallest absolute Gasteiger partial charge is 0.125 e. The normalized spacial score (nSPS) is 11.0. The van der Waals surface area contributed by atoms with Crippen LogP contribution in [-0.4, -0.2) is 9.78 Å². The molecule has 0 aliphatic heterocycles. The summed E-state index contributed by atoms with van der Waals surface area (Å²) in [4.78, 5) is 0. The van der Waals surface area contributed by atoms with Crippen molar-refractivity contribution in [1.29, 1.82) is 0 Å². The standard InChI is InChI=1S/C24H21FN2/c1-16-7-11-19(12-8-16)23-18(3)24(20-13-9-17(2)10-14-20)27(26-23)22-6-4-5-21(25)15-22/h4-15H,1-3H3. The van der Waals surface area contributed by atoms with Crippen LogP contribution < -0.4 is 0 Å². The van der Waals surface area contributed by atoms with Crippen LogP contribution in [0.1, 0.15) is 16.7 Å². The van der Waals surface area contributed by atoms with Gasteiger partial charge in [-0.25, -0.2) is 9.07 Å². The van der Waals surface area contributed by atoms with E-state index >= 15 is 0 Å². The summed E-state index contributed by atoms with van der Waals surface area (Å²) >= 11 is 0. The number of hydrogen-bond donors (Lipinski definition) is 0. The third-order valence-electron chi connectivity index (χ3n) is 4.82. The molecule has 0 saturated carbocycles. The van der Waals surface area contributed by atoms with Gasteiger partial charge in [-0.2, -0.15) is 5.10 Å². The molecule has 1 aromatic heterocycles. The average molecular weight is 356 g/mol. The van der Waals surface area contributed by atoms with Crippen molar-refractivity contribution in [3.05, 3.63) is 95.3 Å². The molecule has 3 heteroatoms. The van der Waals surface area contributed by atoms with Gasteiger partial charge in [0.15, 0.2) is 0 Å². The Bertz CT molecular complexity index is 1090. The number of benzene rings is 3. The fraction of sp³-hybridized carbons (Fsp3) is 0.125. The molecule has 1 heterocycles. The average Bonchev–Trinajstić information content (AvgIpc) is 3.00. The molecular formula is C24H21FN2. The van der Waals surface area contributed by atoms with Crippen molar-refractivity contribution in [1.82, 2.24) is 9.78 Å². The van der Waals surface area contributed by atoms with Gasteiger partial charge in [-0.3, -0.25) is 0 Å². The summed E-state index contributed by atoms with van der Waals surface area (Å²) in [6.07, 6.45) is 0. The molecule has 0 amide bonds. The second kappa shape index (κ2) is 6.84. The molecule has 0 aliphatic rings. The summed E-state index contributed by atoms with van der Waals surface area (Å²) in [7, 11) is 0. The predicted molar refractivity (Wildman–Crippen MR) is 109 cm³/mol. The number of aryl methyl sites for hydroxylation is 2. The quantitative estimate of drug-likeness (QED) is 0.423. The Morgan fingerprint density at radius 2 is 1.33 bits per heavy atom. The van der Waals surface area contributed by atoms with Crippen LogP contribution >= 0.6 is 0 Å². The summed E-state index contributed by atoms with van der Waals surface area (Å²) in [6, 6.07) is 23.3. The first-order chi connectivity index (χ1) is 13.0. The Morgan fingerprint density at radius 1 is 0.741 bits per heavy atom. The first kappa shape index (κ1) is 17.2. The maximum Gasteiger partial charge on any atom is 0.125 e. The Morgan fingerprint density at radius 3 is 1.93 bits per heavy atom. The van der Waals surface area contributed by atoms with E-state index in [2.05, 4.69) is 69.3 Å². The highest BCUT2D eigenvalue weighted by molar-refractivity contribution is 5.76. The van der Waals surface area contributed by atoms with Crippen LogP contribution in [0.15, 0.2) is 72.8 Å². The van der Waals surface area contributed by atoms with Gasteiger partial charge < -0.3 is 0 Å². The van der Waals surface area contributed by atoms with Crippen molar-refractivity contribution in [2.24, 2.45) is 0 Å². The zero-order valence-electron chi connectivity index (χ0n) is 15.7. The van der Waals surface area contributed by atoms with Gasteiger partial charge >= 0.3 is 0 Å². The Hall–Kier alpha value is -3.20. The van der Waals surface area contributed by atoms with Gasteiger partial charge in [0.1, 0.15) is 5.82 Å². The lowest BCUT2D eigenvalue weighted by molar-refractivity contribution is 0.625. The maximum absolute atomic E-state index is 13.9. The fourth-order valence-corrected chi connectivity index (χ4v) is 3.33. The van der Waals surface area contributed by atoms with Gasteiger partial charge in [0, 0.05) is 16.7 Å². The summed E-state index contributed by atoms with van der Waals surface area (Å²) in [6.45, 7) is 6.21. The molecule has 4 rings (SSSR count). The molecule has 0 bridgehead atoms. The van der Waals surface area contributed by atoms with Crippen molar-refractivity contribution in [2.45, 2.75) is 20.8 Å². The van der Waals surface area contributed by atoms with Crippen molar-refractivity contribution >= 4 is 0 Å². The lowest BCUT2D eigenvalue weighted by Gasteiger charge is -2.09. The van der Waals surface area contributed by atoms with E-state index in [-0.39, 0.29) is 5.82 Å². The molecule has 27 heavy (non-hydrogen) atoms. The number of aromatic nitrogens is 2. The van der Waals surface area contributed by atoms with Crippen LogP contribution in [0, 0.1) is 26.6 Å². The molecule has 0 spiro atoms. The lowest BCUT2D eigenvalue weighted by Crippen LogP contribution is -2.00. The molecule has 134 valence electrons. The summed E-state index contributed by atoms with van der Waals surface area (Å²) in [5, 5.41) is 4.87. The van der Waals surface area contributed by atoms with Crippen molar-refractivity contribution in [2.75, 3.05) is 0 Å². The van der Waals surface area contributed by atoms with Crippen molar-refractivity contribution < 1.29 is 4.39 Å². The van der Waals surface area contributed by atoms with Gasteiger partial charge in [0.05, 0.1) is 17.1 Å². The van der Waals surface area contributed by atoms with E-state index in [0.29, 0.717) is 5.69 Å². The molecule has 0 fully saturated rings. The Kier molecular flexibility index (Phi) is 4.36. The molecular weight excluding hydrogens is 335 g/mol. The Labute approximate surface area is 158 Å². The number of hydrogen-bond acceptors (Lipinski definition) is 1. The first-order valence-corrected chi connectivity index (χ1v) is 9.02. The van der Waals surface area contributed by atoms with E-state index in [0.717, 1.165) is 28.1 Å². The van der Waals surface area contributed by atoms with Crippen LogP contribution in [-0.2, 0) is 0 Å². The zero-order chi connectivity index (χ0) is 19.0. The van der Waals surface area contributed by atoms with E-state index < -0.39 is 0 Å². The molecule has 0 saturated heterocycles. The highest BCUT2D eigenvalue weighted by Crippen LogP contribution is 2.34. The maximum atomic E-state index is 13.9. The minimum absolute atomic E-state index is 0.271. The topological polar surface area (TPSA) is 17.8 Å². The summed E-state index contributed by atoms with van der Waals surface area (Å²) in [5.74, 6) is -0.271.